The van der Waals surface area contributed by atoms with E-state index in [1.165, 1.54) is 5.56 Å². The van der Waals surface area contributed by atoms with Gasteiger partial charge in [0.1, 0.15) is 16.9 Å². The molecule has 0 N–H and O–H groups in total. The number of fused-ring (bicyclic) bond motifs is 4. The zero-order chi connectivity index (χ0) is 25.1. The zero-order valence-corrected chi connectivity index (χ0v) is 20.9. The molecule has 6 heteroatoms. The molecule has 2 aliphatic rings. The van der Waals surface area contributed by atoms with Crippen LogP contribution < -0.4 is 0 Å². The smallest absolute Gasteiger partial charge is 0.410 e. The number of ketones is 1. The van der Waals surface area contributed by atoms with E-state index in [0.29, 0.717) is 47.0 Å². The van der Waals surface area contributed by atoms with Crippen molar-refractivity contribution in [3.05, 3.63) is 70.0 Å². The van der Waals surface area contributed by atoms with Crippen LogP contribution in [-0.2, 0) is 10.2 Å². The van der Waals surface area contributed by atoms with Gasteiger partial charge in [0.2, 0.25) is 0 Å². The molecule has 0 atom stereocenters. The molecule has 1 amide bonds. The Morgan fingerprint density at radius 3 is 2.51 bits per heavy atom. The third-order valence-corrected chi connectivity index (χ3v) is 7.19. The highest BCUT2D eigenvalue weighted by Gasteiger charge is 2.42. The number of carbonyl (C=O) groups excluding carboxylic acids is 2. The first-order valence-corrected chi connectivity index (χ1v) is 12.1. The lowest BCUT2D eigenvalue weighted by molar-refractivity contribution is 0.0204. The summed E-state index contributed by atoms with van der Waals surface area (Å²) in [5.74, 6) is 0.918. The maximum Gasteiger partial charge on any atom is 0.410 e. The average molecular weight is 471 g/mol. The largest absolute Gasteiger partial charge is 0.459 e. The highest BCUT2D eigenvalue weighted by atomic mass is 16.6. The van der Waals surface area contributed by atoms with Crippen LogP contribution in [0.15, 0.2) is 40.8 Å². The summed E-state index contributed by atoms with van der Waals surface area (Å²) in [6.45, 7) is 11.1. The fourth-order valence-electron chi connectivity index (χ4n) is 5.34. The van der Waals surface area contributed by atoms with Crippen molar-refractivity contribution in [1.82, 2.24) is 4.90 Å². The van der Waals surface area contributed by atoms with Crippen molar-refractivity contribution >= 4 is 22.8 Å². The van der Waals surface area contributed by atoms with Gasteiger partial charge in [-0.1, -0.05) is 18.2 Å². The second kappa shape index (κ2) is 7.98. The molecule has 35 heavy (non-hydrogen) atoms. The van der Waals surface area contributed by atoms with Crippen LogP contribution in [0.4, 0.5) is 4.79 Å². The van der Waals surface area contributed by atoms with Crippen LogP contribution in [0.5, 0.6) is 0 Å². The number of piperidine rings is 1. The van der Waals surface area contributed by atoms with Crippen LogP contribution in [0, 0.1) is 11.3 Å². The molecule has 0 unspecified atom stereocenters. The lowest BCUT2D eigenvalue weighted by Crippen LogP contribution is -2.41. The van der Waals surface area contributed by atoms with E-state index in [9.17, 15) is 14.9 Å². The normalized spacial score (nSPS) is 17.6. The molecular formula is C29H30N2O4. The van der Waals surface area contributed by atoms with Crippen molar-refractivity contribution in [3.8, 4) is 6.07 Å². The van der Waals surface area contributed by atoms with Crippen molar-refractivity contribution in [2.45, 2.75) is 64.4 Å². The van der Waals surface area contributed by atoms with Gasteiger partial charge in [0, 0.05) is 29.5 Å². The van der Waals surface area contributed by atoms with E-state index < -0.39 is 11.0 Å². The lowest BCUT2D eigenvalue weighted by Gasteiger charge is -2.35. The van der Waals surface area contributed by atoms with Crippen LogP contribution in [0.3, 0.4) is 0 Å². The Balaban J connectivity index is 1.44. The fraction of sp³-hybridized carbons (Fsp3) is 0.414. The Labute approximate surface area is 205 Å². The molecule has 0 bridgehead atoms. The van der Waals surface area contributed by atoms with Gasteiger partial charge >= 0.3 is 6.09 Å². The quantitative estimate of drug-likeness (QED) is 0.417. The molecule has 0 spiro atoms. The average Bonchev–Trinajstić information content (AvgIpc) is 3.21. The highest BCUT2D eigenvalue weighted by molar-refractivity contribution is 6.19. The number of amides is 1. The van der Waals surface area contributed by atoms with Crippen LogP contribution in [-0.4, -0.2) is 35.5 Å². The van der Waals surface area contributed by atoms with E-state index in [-0.39, 0.29) is 11.9 Å². The second-order valence-corrected chi connectivity index (χ2v) is 11.1. The van der Waals surface area contributed by atoms with Gasteiger partial charge in [0.05, 0.1) is 17.2 Å². The van der Waals surface area contributed by atoms with E-state index in [0.717, 1.165) is 23.8 Å². The summed E-state index contributed by atoms with van der Waals surface area (Å²) in [5, 5.41) is 10.0. The molecule has 1 saturated heterocycles. The molecule has 5 rings (SSSR count). The molecule has 3 aromatic rings. The number of nitriles is 1. The van der Waals surface area contributed by atoms with Crippen LogP contribution in [0.2, 0.25) is 0 Å². The van der Waals surface area contributed by atoms with Gasteiger partial charge in [0.15, 0.2) is 5.78 Å². The molecule has 0 saturated carbocycles. The fourth-order valence-corrected chi connectivity index (χ4v) is 5.34. The molecule has 1 aliphatic heterocycles. The van der Waals surface area contributed by atoms with Crippen molar-refractivity contribution in [1.29, 1.82) is 5.26 Å². The van der Waals surface area contributed by atoms with E-state index in [1.807, 2.05) is 32.9 Å². The summed E-state index contributed by atoms with van der Waals surface area (Å²) in [5.41, 5.74) is 3.50. The summed E-state index contributed by atoms with van der Waals surface area (Å²) in [7, 11) is 0. The highest BCUT2D eigenvalue weighted by Crippen LogP contribution is 2.46. The summed E-state index contributed by atoms with van der Waals surface area (Å²) in [6.07, 6.45) is 1.43. The summed E-state index contributed by atoms with van der Waals surface area (Å²) in [4.78, 5) is 27.8. The molecule has 1 aliphatic carbocycles. The number of furan rings is 1. The van der Waals surface area contributed by atoms with Crippen molar-refractivity contribution in [2.24, 2.45) is 0 Å². The number of benzene rings is 2. The zero-order valence-electron chi connectivity index (χ0n) is 20.9. The first kappa shape index (κ1) is 23.2. The maximum absolute atomic E-state index is 13.6. The van der Waals surface area contributed by atoms with E-state index in [1.54, 1.807) is 17.0 Å². The van der Waals surface area contributed by atoms with E-state index in [4.69, 9.17) is 9.15 Å². The van der Waals surface area contributed by atoms with Gasteiger partial charge in [0.25, 0.3) is 0 Å². The van der Waals surface area contributed by atoms with E-state index >= 15 is 0 Å². The molecule has 2 aromatic carbocycles. The molecule has 0 radical (unpaired) electrons. The van der Waals surface area contributed by atoms with Crippen molar-refractivity contribution in [2.75, 3.05) is 13.1 Å². The minimum Gasteiger partial charge on any atom is -0.459 e. The standard InChI is InChI=1S/C29H30N2O4/c1-28(2,3)35-27(33)31-12-10-18(11-13-31)19-7-9-20-22(15-19)29(4,5)26-24(25(20)32)21-8-6-17(16-30)14-23(21)34-26/h6-9,14-15,18H,10-13H2,1-5H3. The van der Waals surface area contributed by atoms with Crippen LogP contribution >= 0.6 is 0 Å². The number of nitrogens with zero attached hydrogens (tertiary/aromatic N) is 2. The maximum atomic E-state index is 13.6. The molecule has 6 nitrogen and oxygen atoms in total. The van der Waals surface area contributed by atoms with Gasteiger partial charge in [-0.05, 0) is 82.7 Å². The molecule has 1 fully saturated rings. The second-order valence-electron chi connectivity index (χ2n) is 11.1. The SMILES string of the molecule is CC(C)(C)OC(=O)N1CCC(c2ccc3c(c2)C(C)(C)c2oc4cc(C#N)ccc4c2C3=O)CC1. The Morgan fingerprint density at radius 1 is 1.14 bits per heavy atom. The van der Waals surface area contributed by atoms with Gasteiger partial charge in [-0.3, -0.25) is 4.79 Å². The third-order valence-electron chi connectivity index (χ3n) is 7.19. The number of likely N-dealkylation sites (tertiary alicyclic amines) is 1. The number of hydrogen-bond acceptors (Lipinski definition) is 5. The first-order chi connectivity index (χ1) is 16.5. The molecule has 180 valence electrons. The molecule has 2 heterocycles. The first-order valence-electron chi connectivity index (χ1n) is 12.1. The van der Waals surface area contributed by atoms with Gasteiger partial charge in [-0.2, -0.15) is 5.26 Å². The third kappa shape index (κ3) is 3.89. The Morgan fingerprint density at radius 2 is 1.86 bits per heavy atom. The summed E-state index contributed by atoms with van der Waals surface area (Å²) < 4.78 is 11.7. The summed E-state index contributed by atoms with van der Waals surface area (Å²) in [6, 6.07) is 13.5. The monoisotopic (exact) mass is 470 g/mol. The van der Waals surface area contributed by atoms with Gasteiger partial charge in [-0.15, -0.1) is 0 Å². The number of rotatable bonds is 1. The topological polar surface area (TPSA) is 83.5 Å². The lowest BCUT2D eigenvalue weighted by atomic mass is 9.70. The number of carbonyl (C=O) groups is 2. The Bertz CT molecular complexity index is 1390. The number of ether oxygens (including phenoxy) is 1. The van der Waals surface area contributed by atoms with Gasteiger partial charge in [-0.25, -0.2) is 4.79 Å². The Kier molecular flexibility index (Phi) is 5.28. The van der Waals surface area contributed by atoms with Gasteiger partial charge < -0.3 is 14.1 Å². The Hall–Kier alpha value is -3.59. The molecule has 1 aromatic heterocycles. The van der Waals surface area contributed by atoms with Crippen molar-refractivity contribution in [3.63, 3.8) is 0 Å². The van der Waals surface area contributed by atoms with Crippen molar-refractivity contribution < 1.29 is 18.7 Å². The predicted molar refractivity (Wildman–Crippen MR) is 133 cm³/mol. The summed E-state index contributed by atoms with van der Waals surface area (Å²) >= 11 is 0. The minimum atomic E-state index is -0.504. The van der Waals surface area contributed by atoms with Crippen LogP contribution in [0.25, 0.3) is 11.0 Å². The minimum absolute atomic E-state index is 0.0379. The molecular weight excluding hydrogens is 440 g/mol. The number of hydrogen-bond donors (Lipinski definition) is 0. The van der Waals surface area contributed by atoms with Crippen LogP contribution in [0.1, 0.15) is 91.8 Å². The predicted octanol–water partition coefficient (Wildman–Crippen LogP) is 6.29. The van der Waals surface area contributed by atoms with E-state index in [2.05, 4.69) is 32.0 Å².